The summed E-state index contributed by atoms with van der Waals surface area (Å²) in [5, 5.41) is 3.51. The number of piperidine rings is 1. The van der Waals surface area contributed by atoms with Gasteiger partial charge in [0.1, 0.15) is 11.6 Å². The van der Waals surface area contributed by atoms with Crippen molar-refractivity contribution in [2.75, 3.05) is 25.0 Å². The number of nitrogens with one attached hydrogen (secondary N) is 1. The molecule has 6 heteroatoms. The lowest BCUT2D eigenvalue weighted by Gasteiger charge is -2.33. The smallest absolute Gasteiger partial charge is 0.165 e. The van der Waals surface area contributed by atoms with Gasteiger partial charge in [-0.2, -0.15) is 0 Å². The Morgan fingerprint density at radius 2 is 1.96 bits per heavy atom. The van der Waals surface area contributed by atoms with Gasteiger partial charge in [0.25, 0.3) is 0 Å². The zero-order chi connectivity index (χ0) is 17.8. The predicted molar refractivity (Wildman–Crippen MR) is 103 cm³/mol. The van der Waals surface area contributed by atoms with Gasteiger partial charge in [0.05, 0.1) is 0 Å². The van der Waals surface area contributed by atoms with Crippen molar-refractivity contribution in [2.24, 2.45) is 0 Å². The summed E-state index contributed by atoms with van der Waals surface area (Å²) < 4.78 is 2.20. The molecule has 6 nitrogen and oxygen atoms in total. The molecule has 1 aliphatic heterocycles. The maximum atomic E-state index is 4.72. The average molecular weight is 345 g/mol. The van der Waals surface area contributed by atoms with Crippen LogP contribution in [-0.2, 0) is 6.54 Å². The standard InChI is InChI=1S/C19H32N6/c1-5-11-25-16(4)23-17-18(21-15(3)22-19(17)25)20-10-8-13-24-12-7-6-9-14(24)2/h14H,5-13H2,1-4H3,(H,20,21,22). The number of likely N-dealkylation sites (tertiary alicyclic amines) is 1. The van der Waals surface area contributed by atoms with Gasteiger partial charge in [0.2, 0.25) is 0 Å². The number of aryl methyl sites for hydroxylation is 3. The Balaban J connectivity index is 1.66. The summed E-state index contributed by atoms with van der Waals surface area (Å²) in [7, 11) is 0. The van der Waals surface area contributed by atoms with Crippen molar-refractivity contribution in [1.82, 2.24) is 24.4 Å². The molecule has 1 atom stereocenters. The second kappa shape index (κ2) is 8.13. The third kappa shape index (κ3) is 4.11. The zero-order valence-corrected chi connectivity index (χ0v) is 16.2. The van der Waals surface area contributed by atoms with Crippen LogP contribution in [-0.4, -0.2) is 50.1 Å². The summed E-state index contributed by atoms with van der Waals surface area (Å²) in [6, 6.07) is 0.731. The minimum Gasteiger partial charge on any atom is -0.368 e. The van der Waals surface area contributed by atoms with Gasteiger partial charge in [-0.3, -0.25) is 0 Å². The first-order valence-corrected chi connectivity index (χ1v) is 9.79. The van der Waals surface area contributed by atoms with Gasteiger partial charge in [-0.05, 0) is 53.0 Å². The maximum absolute atomic E-state index is 4.72. The van der Waals surface area contributed by atoms with E-state index in [2.05, 4.69) is 38.6 Å². The molecule has 0 aliphatic carbocycles. The number of nitrogens with zero attached hydrogens (tertiary/aromatic N) is 5. The van der Waals surface area contributed by atoms with E-state index in [1.54, 1.807) is 0 Å². The van der Waals surface area contributed by atoms with Crippen LogP contribution in [0.15, 0.2) is 0 Å². The largest absolute Gasteiger partial charge is 0.368 e. The van der Waals surface area contributed by atoms with E-state index >= 15 is 0 Å². The van der Waals surface area contributed by atoms with Gasteiger partial charge < -0.3 is 14.8 Å². The van der Waals surface area contributed by atoms with Gasteiger partial charge in [0, 0.05) is 25.7 Å². The molecule has 1 N–H and O–H groups in total. The van der Waals surface area contributed by atoms with Crippen LogP contribution >= 0.6 is 0 Å². The zero-order valence-electron chi connectivity index (χ0n) is 16.2. The number of hydrogen-bond donors (Lipinski definition) is 1. The molecule has 1 aliphatic rings. The van der Waals surface area contributed by atoms with E-state index in [1.165, 1.54) is 25.8 Å². The second-order valence-electron chi connectivity index (χ2n) is 7.26. The predicted octanol–water partition coefficient (Wildman–Crippen LogP) is 3.53. The van der Waals surface area contributed by atoms with Crippen molar-refractivity contribution in [3.05, 3.63) is 11.6 Å². The highest BCUT2D eigenvalue weighted by atomic mass is 15.2. The first-order valence-electron chi connectivity index (χ1n) is 9.79. The third-order valence-electron chi connectivity index (χ3n) is 5.20. The minimum atomic E-state index is 0.731. The van der Waals surface area contributed by atoms with Crippen LogP contribution in [0.25, 0.3) is 11.2 Å². The first kappa shape index (κ1) is 18.1. The highest BCUT2D eigenvalue weighted by Crippen LogP contribution is 2.22. The summed E-state index contributed by atoms with van der Waals surface area (Å²) in [6.45, 7) is 12.8. The Morgan fingerprint density at radius 3 is 2.72 bits per heavy atom. The quantitative estimate of drug-likeness (QED) is 0.779. The fourth-order valence-corrected chi connectivity index (χ4v) is 3.81. The van der Waals surface area contributed by atoms with Crippen LogP contribution in [0.5, 0.6) is 0 Å². The number of rotatable bonds is 7. The van der Waals surface area contributed by atoms with Crippen molar-refractivity contribution in [3.63, 3.8) is 0 Å². The lowest BCUT2D eigenvalue weighted by Crippen LogP contribution is -2.38. The lowest BCUT2D eigenvalue weighted by molar-refractivity contribution is 0.160. The molecule has 0 aromatic carbocycles. The van der Waals surface area contributed by atoms with E-state index in [9.17, 15) is 0 Å². The third-order valence-corrected chi connectivity index (χ3v) is 5.20. The van der Waals surface area contributed by atoms with E-state index in [-0.39, 0.29) is 0 Å². The van der Waals surface area contributed by atoms with E-state index in [0.717, 1.165) is 67.1 Å². The molecule has 0 amide bonds. The molecule has 138 valence electrons. The number of aromatic nitrogens is 4. The molecule has 25 heavy (non-hydrogen) atoms. The average Bonchev–Trinajstić information content (AvgIpc) is 2.89. The Kier molecular flexibility index (Phi) is 5.89. The van der Waals surface area contributed by atoms with Gasteiger partial charge in [0.15, 0.2) is 17.0 Å². The van der Waals surface area contributed by atoms with Crippen LogP contribution in [0.1, 0.15) is 57.6 Å². The van der Waals surface area contributed by atoms with Gasteiger partial charge in [-0.15, -0.1) is 0 Å². The molecule has 3 rings (SSSR count). The first-order chi connectivity index (χ1) is 12.1. The number of anilines is 1. The number of hydrogen-bond acceptors (Lipinski definition) is 5. The van der Waals surface area contributed by atoms with Crippen LogP contribution in [0.3, 0.4) is 0 Å². The molecule has 0 spiro atoms. The molecule has 0 saturated carbocycles. The summed E-state index contributed by atoms with van der Waals surface area (Å²) in [5.74, 6) is 2.70. The molecule has 3 heterocycles. The fraction of sp³-hybridized carbons (Fsp3) is 0.737. The Morgan fingerprint density at radius 1 is 1.12 bits per heavy atom. The van der Waals surface area contributed by atoms with Crippen molar-refractivity contribution in [2.45, 2.75) is 72.4 Å². The van der Waals surface area contributed by atoms with Crippen molar-refractivity contribution >= 4 is 17.0 Å². The molecule has 1 fully saturated rings. The highest BCUT2D eigenvalue weighted by molar-refractivity contribution is 5.83. The SMILES string of the molecule is CCCn1c(C)nc2c(NCCCN3CCCCC3C)nc(C)nc21. The van der Waals surface area contributed by atoms with E-state index < -0.39 is 0 Å². The van der Waals surface area contributed by atoms with Crippen molar-refractivity contribution < 1.29 is 0 Å². The van der Waals surface area contributed by atoms with Crippen LogP contribution in [0.4, 0.5) is 5.82 Å². The van der Waals surface area contributed by atoms with E-state index in [4.69, 9.17) is 4.98 Å². The summed E-state index contributed by atoms with van der Waals surface area (Å²) >= 11 is 0. The molecule has 1 unspecified atom stereocenters. The maximum Gasteiger partial charge on any atom is 0.165 e. The molecular formula is C19H32N6. The van der Waals surface area contributed by atoms with E-state index in [1.807, 2.05) is 13.8 Å². The van der Waals surface area contributed by atoms with Crippen molar-refractivity contribution in [3.8, 4) is 0 Å². The Bertz CT molecular complexity index is 707. The normalized spacial score (nSPS) is 18.8. The fourth-order valence-electron chi connectivity index (χ4n) is 3.81. The number of imidazole rings is 1. The molecule has 0 bridgehead atoms. The van der Waals surface area contributed by atoms with Crippen LogP contribution in [0.2, 0.25) is 0 Å². The van der Waals surface area contributed by atoms with Gasteiger partial charge in [-0.1, -0.05) is 13.3 Å². The topological polar surface area (TPSA) is 58.9 Å². The minimum absolute atomic E-state index is 0.731. The van der Waals surface area contributed by atoms with E-state index in [0.29, 0.717) is 0 Å². The summed E-state index contributed by atoms with van der Waals surface area (Å²) in [4.78, 5) is 16.6. The Labute approximate surface area is 151 Å². The van der Waals surface area contributed by atoms with Gasteiger partial charge >= 0.3 is 0 Å². The monoisotopic (exact) mass is 344 g/mol. The highest BCUT2D eigenvalue weighted by Gasteiger charge is 2.18. The molecule has 0 radical (unpaired) electrons. The molecule has 2 aromatic heterocycles. The summed E-state index contributed by atoms with van der Waals surface area (Å²) in [5.41, 5.74) is 1.86. The van der Waals surface area contributed by atoms with Crippen LogP contribution < -0.4 is 5.32 Å². The molecular weight excluding hydrogens is 312 g/mol. The number of fused-ring (bicyclic) bond motifs is 1. The van der Waals surface area contributed by atoms with Crippen LogP contribution in [0, 0.1) is 13.8 Å². The second-order valence-corrected chi connectivity index (χ2v) is 7.26. The van der Waals surface area contributed by atoms with Crippen molar-refractivity contribution in [1.29, 1.82) is 0 Å². The summed E-state index contributed by atoms with van der Waals surface area (Å²) in [6.07, 6.45) is 6.27. The lowest BCUT2D eigenvalue weighted by atomic mass is 10.0. The molecule has 2 aromatic rings. The van der Waals surface area contributed by atoms with Gasteiger partial charge in [-0.25, -0.2) is 15.0 Å². The Hall–Kier alpha value is -1.69. The molecule has 1 saturated heterocycles.